The van der Waals surface area contributed by atoms with Crippen molar-refractivity contribution in [2.45, 2.75) is 64.6 Å². The fourth-order valence-electron chi connectivity index (χ4n) is 3.10. The smallest absolute Gasteiger partial charge is 0.138 e. The zero-order chi connectivity index (χ0) is 13.2. The van der Waals surface area contributed by atoms with Crippen molar-refractivity contribution < 1.29 is 4.52 Å². The lowest BCUT2D eigenvalue weighted by molar-refractivity contribution is 0.229. The van der Waals surface area contributed by atoms with Crippen molar-refractivity contribution in [3.8, 4) is 0 Å². The van der Waals surface area contributed by atoms with Gasteiger partial charge in [0.2, 0.25) is 0 Å². The van der Waals surface area contributed by atoms with Gasteiger partial charge in [-0.15, -0.1) is 0 Å². The summed E-state index contributed by atoms with van der Waals surface area (Å²) in [6.45, 7) is 7.58. The van der Waals surface area contributed by atoms with E-state index in [0.717, 1.165) is 30.5 Å². The van der Waals surface area contributed by atoms with Crippen LogP contribution in [-0.2, 0) is 13.0 Å². The summed E-state index contributed by atoms with van der Waals surface area (Å²) < 4.78 is 5.37. The zero-order valence-corrected chi connectivity index (χ0v) is 12.1. The summed E-state index contributed by atoms with van der Waals surface area (Å²) in [6, 6.07) is 1.48. The van der Waals surface area contributed by atoms with Crippen LogP contribution in [-0.4, -0.2) is 35.2 Å². The molecule has 19 heavy (non-hydrogen) atoms. The standard InChI is InChI=1S/C15H25N3O/c1-3-15-14(11(2)19-17-15)10-18(13-6-7-13)9-12-5-4-8-16-12/h12-13,16H,3-10H2,1-2H3. The first kappa shape index (κ1) is 13.1. The second-order valence-corrected chi connectivity index (χ2v) is 5.97. The fourth-order valence-corrected chi connectivity index (χ4v) is 3.10. The molecule has 0 bridgehead atoms. The minimum Gasteiger partial charge on any atom is -0.361 e. The highest BCUT2D eigenvalue weighted by atomic mass is 16.5. The first-order chi connectivity index (χ1) is 9.28. The van der Waals surface area contributed by atoms with Crippen LogP contribution in [0.1, 0.15) is 49.6 Å². The Kier molecular flexibility index (Phi) is 3.89. The topological polar surface area (TPSA) is 41.3 Å². The van der Waals surface area contributed by atoms with Crippen LogP contribution in [0.25, 0.3) is 0 Å². The van der Waals surface area contributed by atoms with Gasteiger partial charge in [-0.3, -0.25) is 4.90 Å². The molecule has 1 saturated carbocycles. The average molecular weight is 263 g/mol. The maximum atomic E-state index is 5.37. The van der Waals surface area contributed by atoms with Crippen molar-refractivity contribution in [3.05, 3.63) is 17.0 Å². The van der Waals surface area contributed by atoms with Gasteiger partial charge in [0.1, 0.15) is 5.76 Å². The molecular weight excluding hydrogens is 238 g/mol. The van der Waals surface area contributed by atoms with Gasteiger partial charge in [0.15, 0.2) is 0 Å². The van der Waals surface area contributed by atoms with Gasteiger partial charge in [-0.25, -0.2) is 0 Å². The number of nitrogens with zero attached hydrogens (tertiary/aromatic N) is 2. The molecule has 1 atom stereocenters. The quantitative estimate of drug-likeness (QED) is 0.855. The highest BCUT2D eigenvalue weighted by molar-refractivity contribution is 5.22. The Labute approximate surface area is 115 Å². The van der Waals surface area contributed by atoms with E-state index >= 15 is 0 Å². The average Bonchev–Trinajstić information content (AvgIpc) is 3.03. The SMILES string of the molecule is CCc1noc(C)c1CN(CC1CCCN1)C1CC1. The highest BCUT2D eigenvalue weighted by Crippen LogP contribution is 2.30. The third-order valence-electron chi connectivity index (χ3n) is 4.44. The molecule has 0 amide bonds. The zero-order valence-electron chi connectivity index (χ0n) is 12.1. The molecule has 4 heteroatoms. The van der Waals surface area contributed by atoms with Crippen molar-refractivity contribution in [1.29, 1.82) is 0 Å². The van der Waals surface area contributed by atoms with Crippen LogP contribution in [0.5, 0.6) is 0 Å². The van der Waals surface area contributed by atoms with E-state index in [9.17, 15) is 0 Å². The Morgan fingerprint density at radius 1 is 1.37 bits per heavy atom. The van der Waals surface area contributed by atoms with Gasteiger partial charge in [-0.2, -0.15) is 0 Å². The summed E-state index contributed by atoms with van der Waals surface area (Å²) in [5.74, 6) is 1.00. The molecule has 2 aliphatic rings. The molecule has 0 radical (unpaired) electrons. The van der Waals surface area contributed by atoms with Gasteiger partial charge < -0.3 is 9.84 Å². The van der Waals surface area contributed by atoms with Crippen LogP contribution >= 0.6 is 0 Å². The monoisotopic (exact) mass is 263 g/mol. The molecule has 1 aliphatic carbocycles. The van der Waals surface area contributed by atoms with Gasteiger partial charge in [0.05, 0.1) is 5.69 Å². The van der Waals surface area contributed by atoms with Crippen LogP contribution in [0.4, 0.5) is 0 Å². The summed E-state index contributed by atoms with van der Waals surface area (Å²) >= 11 is 0. The van der Waals surface area contributed by atoms with Crippen molar-refractivity contribution in [2.75, 3.05) is 13.1 Å². The van der Waals surface area contributed by atoms with Gasteiger partial charge in [-0.1, -0.05) is 12.1 Å². The number of aryl methyl sites for hydroxylation is 2. The molecular formula is C15H25N3O. The van der Waals surface area contributed by atoms with Crippen molar-refractivity contribution >= 4 is 0 Å². The maximum absolute atomic E-state index is 5.37. The molecule has 4 nitrogen and oxygen atoms in total. The molecule has 2 fully saturated rings. The van der Waals surface area contributed by atoms with Gasteiger partial charge >= 0.3 is 0 Å². The van der Waals surface area contributed by atoms with Crippen molar-refractivity contribution in [2.24, 2.45) is 0 Å². The van der Waals surface area contributed by atoms with E-state index in [4.69, 9.17) is 4.52 Å². The van der Waals surface area contributed by atoms with Gasteiger partial charge in [0.25, 0.3) is 0 Å². The summed E-state index contributed by atoms with van der Waals surface area (Å²) in [4.78, 5) is 2.64. The maximum Gasteiger partial charge on any atom is 0.138 e. The Morgan fingerprint density at radius 3 is 2.84 bits per heavy atom. The van der Waals surface area contributed by atoms with Gasteiger partial charge in [-0.05, 0) is 45.6 Å². The highest BCUT2D eigenvalue weighted by Gasteiger charge is 2.32. The third-order valence-corrected chi connectivity index (χ3v) is 4.44. The van der Waals surface area contributed by atoms with Crippen LogP contribution in [0.3, 0.4) is 0 Å². The third kappa shape index (κ3) is 3.00. The Bertz CT molecular complexity index is 419. The summed E-state index contributed by atoms with van der Waals surface area (Å²) in [5, 5.41) is 7.79. The fraction of sp³-hybridized carbons (Fsp3) is 0.800. The van der Waals surface area contributed by atoms with Crippen LogP contribution < -0.4 is 5.32 Å². The van der Waals surface area contributed by atoms with E-state index in [1.165, 1.54) is 44.3 Å². The molecule has 1 unspecified atom stereocenters. The van der Waals surface area contributed by atoms with Crippen molar-refractivity contribution in [3.63, 3.8) is 0 Å². The van der Waals surface area contributed by atoms with E-state index in [2.05, 4.69) is 22.3 Å². The first-order valence-electron chi connectivity index (χ1n) is 7.69. The van der Waals surface area contributed by atoms with E-state index in [1.807, 2.05) is 6.92 Å². The number of rotatable bonds is 6. The van der Waals surface area contributed by atoms with Crippen LogP contribution in [0, 0.1) is 6.92 Å². The summed E-state index contributed by atoms with van der Waals surface area (Å²) in [5.41, 5.74) is 2.47. The van der Waals surface area contributed by atoms with E-state index < -0.39 is 0 Å². The predicted octanol–water partition coefficient (Wildman–Crippen LogP) is 2.26. The second-order valence-electron chi connectivity index (χ2n) is 5.97. The largest absolute Gasteiger partial charge is 0.361 e. The molecule has 2 heterocycles. The molecule has 1 aromatic rings. The molecule has 0 spiro atoms. The van der Waals surface area contributed by atoms with Crippen LogP contribution in [0.15, 0.2) is 4.52 Å². The lowest BCUT2D eigenvalue weighted by Gasteiger charge is -2.25. The number of aromatic nitrogens is 1. The van der Waals surface area contributed by atoms with Crippen LogP contribution in [0.2, 0.25) is 0 Å². The number of hydrogen-bond acceptors (Lipinski definition) is 4. The molecule has 3 rings (SSSR count). The Morgan fingerprint density at radius 2 is 2.21 bits per heavy atom. The summed E-state index contributed by atoms with van der Waals surface area (Å²) in [7, 11) is 0. The predicted molar refractivity (Wildman–Crippen MR) is 75.1 cm³/mol. The summed E-state index contributed by atoms with van der Waals surface area (Å²) in [6.07, 6.45) is 6.34. The first-order valence-corrected chi connectivity index (χ1v) is 7.69. The van der Waals surface area contributed by atoms with E-state index in [1.54, 1.807) is 0 Å². The molecule has 106 valence electrons. The lowest BCUT2D eigenvalue weighted by Crippen LogP contribution is -2.38. The van der Waals surface area contributed by atoms with Crippen molar-refractivity contribution in [1.82, 2.24) is 15.4 Å². The van der Waals surface area contributed by atoms with Gasteiger partial charge in [0, 0.05) is 30.7 Å². The second kappa shape index (κ2) is 5.63. The minimum absolute atomic E-state index is 0.686. The molecule has 1 saturated heterocycles. The normalized spacial score (nSPS) is 23.4. The van der Waals surface area contributed by atoms with E-state index in [-0.39, 0.29) is 0 Å². The molecule has 1 aromatic heterocycles. The minimum atomic E-state index is 0.686. The molecule has 0 aromatic carbocycles. The van der Waals surface area contributed by atoms with E-state index in [0.29, 0.717) is 6.04 Å². The number of nitrogens with one attached hydrogen (secondary N) is 1. The molecule has 1 N–H and O–H groups in total. The Hall–Kier alpha value is -0.870. The number of hydrogen-bond donors (Lipinski definition) is 1. The lowest BCUT2D eigenvalue weighted by atomic mass is 10.1. The molecule has 1 aliphatic heterocycles. The Balaban J connectivity index is 1.68.